The predicted molar refractivity (Wildman–Crippen MR) is 104 cm³/mol. The first-order chi connectivity index (χ1) is 11.9. The van der Waals surface area contributed by atoms with Crippen molar-refractivity contribution in [3.05, 3.63) is 24.0 Å². The smallest absolute Gasteiger partial charge is 0.302 e. The molecule has 0 radical (unpaired) electrons. The van der Waals surface area contributed by atoms with Crippen molar-refractivity contribution in [2.24, 2.45) is 0 Å². The van der Waals surface area contributed by atoms with Crippen LogP contribution in [0.2, 0.25) is 18.1 Å². The van der Waals surface area contributed by atoms with Gasteiger partial charge in [0.15, 0.2) is 8.32 Å². The number of hydrogen-bond donors (Lipinski definition) is 1. The average molecular weight is 381 g/mol. The summed E-state index contributed by atoms with van der Waals surface area (Å²) in [6, 6.07) is 1.85. The van der Waals surface area contributed by atoms with Crippen molar-refractivity contribution in [3.8, 4) is 0 Å². The number of hydrogen-bond acceptors (Lipinski definition) is 6. The Morgan fingerprint density at radius 3 is 2.58 bits per heavy atom. The van der Waals surface area contributed by atoms with Crippen LogP contribution in [0.1, 0.15) is 52.7 Å². The van der Waals surface area contributed by atoms with Gasteiger partial charge < -0.3 is 19.6 Å². The van der Waals surface area contributed by atoms with Crippen molar-refractivity contribution in [2.45, 2.75) is 83.6 Å². The molecule has 4 atom stereocenters. The molecule has 1 aromatic heterocycles. The van der Waals surface area contributed by atoms with Gasteiger partial charge in [-0.25, -0.2) is 0 Å². The van der Waals surface area contributed by atoms with Crippen molar-refractivity contribution in [2.75, 3.05) is 5.73 Å². The molecule has 6 nitrogen and oxygen atoms in total. The van der Waals surface area contributed by atoms with Crippen LogP contribution in [-0.2, 0) is 18.7 Å². The lowest BCUT2D eigenvalue weighted by atomic mass is 9.94. The van der Waals surface area contributed by atoms with Gasteiger partial charge in [0.1, 0.15) is 12.2 Å². The number of pyridine rings is 1. The fourth-order valence-electron chi connectivity index (χ4n) is 2.97. The SMILES string of the molecule is CC(=O)O[C@@H]1C[C@@H](c2ccncc2N)O[C@H](C)[C@H]1O[Si](C)(C)C(C)(C)C. The number of esters is 1. The molecule has 146 valence electrons. The van der Waals surface area contributed by atoms with Crippen molar-refractivity contribution >= 4 is 20.0 Å². The summed E-state index contributed by atoms with van der Waals surface area (Å²) in [4.78, 5) is 15.7. The Bertz CT molecular complexity index is 645. The third kappa shape index (κ3) is 4.63. The highest BCUT2D eigenvalue weighted by atomic mass is 28.4. The van der Waals surface area contributed by atoms with Gasteiger partial charge in [0, 0.05) is 25.1 Å². The summed E-state index contributed by atoms with van der Waals surface area (Å²) in [7, 11) is -2.05. The third-order valence-electron chi connectivity index (χ3n) is 5.44. The number of nitrogens with two attached hydrogens (primary N) is 1. The number of aromatic nitrogens is 1. The number of carbonyl (C=O) groups excluding carboxylic acids is 1. The fourth-order valence-corrected chi connectivity index (χ4v) is 4.34. The van der Waals surface area contributed by atoms with Gasteiger partial charge in [-0.2, -0.15) is 0 Å². The monoisotopic (exact) mass is 380 g/mol. The Morgan fingerprint density at radius 2 is 2.04 bits per heavy atom. The molecule has 1 aliphatic rings. The van der Waals surface area contributed by atoms with Gasteiger partial charge in [0.05, 0.1) is 24.1 Å². The number of nitrogen functional groups attached to an aromatic ring is 1. The maximum Gasteiger partial charge on any atom is 0.302 e. The molecule has 1 aliphatic heterocycles. The molecular weight excluding hydrogens is 348 g/mol. The van der Waals surface area contributed by atoms with Crippen LogP contribution < -0.4 is 5.73 Å². The van der Waals surface area contributed by atoms with E-state index in [-0.39, 0.29) is 35.4 Å². The van der Waals surface area contributed by atoms with E-state index in [1.54, 1.807) is 12.4 Å². The zero-order chi connectivity index (χ0) is 19.7. The number of anilines is 1. The highest BCUT2D eigenvalue weighted by Gasteiger charge is 2.46. The van der Waals surface area contributed by atoms with Gasteiger partial charge in [-0.3, -0.25) is 9.78 Å². The van der Waals surface area contributed by atoms with Crippen LogP contribution in [0.3, 0.4) is 0 Å². The zero-order valence-corrected chi connectivity index (χ0v) is 17.9. The molecular formula is C19H32N2O4Si. The molecule has 0 unspecified atom stereocenters. The van der Waals surface area contributed by atoms with E-state index in [1.807, 2.05) is 13.0 Å². The molecule has 0 aromatic carbocycles. The van der Waals surface area contributed by atoms with Crippen molar-refractivity contribution in [3.63, 3.8) is 0 Å². The van der Waals surface area contributed by atoms with Crippen LogP contribution in [0.25, 0.3) is 0 Å². The molecule has 2 N–H and O–H groups in total. The molecule has 7 heteroatoms. The molecule has 2 rings (SSSR count). The Balaban J connectivity index is 2.27. The largest absolute Gasteiger partial charge is 0.460 e. The minimum atomic E-state index is -2.05. The number of rotatable bonds is 4. The van der Waals surface area contributed by atoms with Crippen molar-refractivity contribution in [1.29, 1.82) is 0 Å². The molecule has 0 bridgehead atoms. The molecule has 1 saturated heterocycles. The molecule has 0 aliphatic carbocycles. The average Bonchev–Trinajstić information content (AvgIpc) is 2.49. The first kappa shape index (κ1) is 20.9. The zero-order valence-electron chi connectivity index (χ0n) is 16.9. The van der Waals surface area contributed by atoms with Gasteiger partial charge in [-0.05, 0) is 31.1 Å². The van der Waals surface area contributed by atoms with Gasteiger partial charge >= 0.3 is 5.97 Å². The number of nitrogens with zero attached hydrogens (tertiary/aromatic N) is 1. The lowest BCUT2D eigenvalue weighted by molar-refractivity contribution is -0.185. The lowest BCUT2D eigenvalue weighted by Crippen LogP contribution is -2.54. The van der Waals surface area contributed by atoms with E-state index in [9.17, 15) is 4.79 Å². The van der Waals surface area contributed by atoms with E-state index in [0.29, 0.717) is 12.1 Å². The second-order valence-electron chi connectivity index (χ2n) is 8.56. The summed E-state index contributed by atoms with van der Waals surface area (Å²) in [5.74, 6) is -0.311. The summed E-state index contributed by atoms with van der Waals surface area (Å²) < 4.78 is 18.5. The van der Waals surface area contributed by atoms with Crippen LogP contribution in [0.5, 0.6) is 0 Å². The van der Waals surface area contributed by atoms with E-state index < -0.39 is 8.32 Å². The van der Waals surface area contributed by atoms with Crippen LogP contribution in [0.15, 0.2) is 18.5 Å². The van der Waals surface area contributed by atoms with E-state index in [4.69, 9.17) is 19.6 Å². The normalized spacial score (nSPS) is 27.2. The second kappa shape index (κ2) is 7.66. The minimum Gasteiger partial charge on any atom is -0.460 e. The quantitative estimate of drug-likeness (QED) is 0.631. The summed E-state index contributed by atoms with van der Waals surface area (Å²) in [5.41, 5.74) is 7.51. The first-order valence-corrected chi connectivity index (χ1v) is 12.0. The number of ether oxygens (including phenoxy) is 2. The highest BCUT2D eigenvalue weighted by Crippen LogP contribution is 2.42. The van der Waals surface area contributed by atoms with Crippen molar-refractivity contribution in [1.82, 2.24) is 4.98 Å². The Morgan fingerprint density at radius 1 is 1.38 bits per heavy atom. The highest BCUT2D eigenvalue weighted by molar-refractivity contribution is 6.74. The molecule has 2 heterocycles. The molecule has 0 amide bonds. The third-order valence-corrected chi connectivity index (χ3v) is 9.92. The van der Waals surface area contributed by atoms with Gasteiger partial charge in [0.2, 0.25) is 0 Å². The van der Waals surface area contributed by atoms with Crippen LogP contribution in [-0.4, -0.2) is 37.6 Å². The second-order valence-corrected chi connectivity index (χ2v) is 13.3. The summed E-state index contributed by atoms with van der Waals surface area (Å²) >= 11 is 0. The maximum atomic E-state index is 11.7. The van der Waals surface area contributed by atoms with E-state index in [0.717, 1.165) is 5.56 Å². The molecule has 1 aromatic rings. The lowest BCUT2D eigenvalue weighted by Gasteiger charge is -2.46. The topological polar surface area (TPSA) is 83.7 Å². The Kier molecular flexibility index (Phi) is 6.15. The fraction of sp³-hybridized carbons (Fsp3) is 0.684. The Hall–Kier alpha value is -1.44. The van der Waals surface area contributed by atoms with Gasteiger partial charge in [-0.15, -0.1) is 0 Å². The van der Waals surface area contributed by atoms with Gasteiger partial charge in [0.25, 0.3) is 0 Å². The molecule has 0 spiro atoms. The molecule has 0 saturated carbocycles. The van der Waals surface area contributed by atoms with Crippen molar-refractivity contribution < 1.29 is 18.7 Å². The number of carbonyl (C=O) groups is 1. The Labute approximate surface area is 157 Å². The standard InChI is InChI=1S/C19H32N2O4Si/c1-12-18(25-26(6,7)19(3,4)5)17(24-13(2)22)10-16(23-12)14-8-9-21-11-15(14)20/h8-9,11-12,16-18H,10,20H2,1-7H3/t12-,16+,17-,18-/m1/s1. The first-order valence-electron chi connectivity index (χ1n) is 9.12. The van der Waals surface area contributed by atoms with Crippen LogP contribution in [0, 0.1) is 0 Å². The molecule has 1 fully saturated rings. The van der Waals surface area contributed by atoms with E-state index in [2.05, 4.69) is 38.8 Å². The summed E-state index contributed by atoms with van der Waals surface area (Å²) in [5, 5.41) is 0.0554. The van der Waals surface area contributed by atoms with Gasteiger partial charge in [-0.1, -0.05) is 20.8 Å². The minimum absolute atomic E-state index is 0.0554. The van der Waals surface area contributed by atoms with E-state index >= 15 is 0 Å². The van der Waals surface area contributed by atoms with E-state index in [1.165, 1.54) is 6.92 Å². The maximum absolute atomic E-state index is 11.7. The van der Waals surface area contributed by atoms with Crippen LogP contribution >= 0.6 is 0 Å². The summed E-state index contributed by atoms with van der Waals surface area (Å²) in [6.07, 6.45) is 2.68. The van der Waals surface area contributed by atoms with Crippen LogP contribution in [0.4, 0.5) is 5.69 Å². The molecule has 26 heavy (non-hydrogen) atoms. The predicted octanol–water partition coefficient (Wildman–Crippen LogP) is 3.84. The summed E-state index contributed by atoms with van der Waals surface area (Å²) in [6.45, 7) is 14.4.